The summed E-state index contributed by atoms with van der Waals surface area (Å²) in [6, 6.07) is -1.11. The number of ether oxygens (including phenoxy) is 1. The second-order valence-corrected chi connectivity index (χ2v) is 3.98. The Hall–Kier alpha value is -2.63. The molecule has 1 atom stereocenters. The number of carboxylic acid groups (broad SMARTS) is 1. The molecule has 0 aliphatic heterocycles. The van der Waals surface area contributed by atoms with E-state index in [9.17, 15) is 14.4 Å². The molecule has 0 aromatic rings. The number of hydrogen-bond donors (Lipinski definition) is 3. The van der Waals surface area contributed by atoms with E-state index in [1.165, 1.54) is 6.41 Å². The molecule has 2 amide bonds. The molecule has 1 unspecified atom stereocenters. The van der Waals surface area contributed by atoms with E-state index in [4.69, 9.17) is 9.84 Å². The minimum Gasteiger partial charge on any atom is -0.520 e. The molecule has 0 aliphatic rings. The van der Waals surface area contributed by atoms with Crippen molar-refractivity contribution in [3.05, 3.63) is 0 Å². The van der Waals surface area contributed by atoms with E-state index < -0.39 is 12.0 Å². The van der Waals surface area contributed by atoms with Gasteiger partial charge in [-0.25, -0.2) is 0 Å². The fraction of sp³-hybridized carbons (Fsp3) is 0.700. The third kappa shape index (κ3) is 15.8. The normalized spacial score (nSPS) is 10.9. The summed E-state index contributed by atoms with van der Waals surface area (Å²) in [7, 11) is 1.71. The first kappa shape index (κ1) is 20.7. The summed E-state index contributed by atoms with van der Waals surface area (Å²) in [5.41, 5.74) is 0.0417. The van der Waals surface area contributed by atoms with Gasteiger partial charge in [0.05, 0.1) is 5.60 Å². The molecular formula is C10H19FmN2O5-. The predicted molar refractivity (Wildman–Crippen MR) is 61.1 cm³/mol. The van der Waals surface area contributed by atoms with Crippen molar-refractivity contribution in [2.24, 2.45) is 0 Å². The maximum absolute atomic E-state index is 10.2. The Kier molecular flexibility index (Phi) is 12.5. The smallest absolute Gasteiger partial charge is 0.325 e. The maximum atomic E-state index is 10.2. The number of carbonyl (C=O) groups excluding carboxylic acids is 2. The molecular weight excluding hydrogens is 485 g/mol. The second kappa shape index (κ2) is 10.9. The SMILES string of the molecule is COC(C)(C)C.O=[C-]NC(CNC=O)C(=O)O.[Fm]. The van der Waals surface area contributed by atoms with Gasteiger partial charge in [0.2, 0.25) is 6.41 Å². The zero-order valence-corrected chi connectivity index (χ0v) is 13.1. The molecule has 0 aromatic heterocycles. The number of hydrogen-bond acceptors (Lipinski definition) is 4. The van der Waals surface area contributed by atoms with Crippen molar-refractivity contribution >= 4 is 18.8 Å². The quantitative estimate of drug-likeness (QED) is 0.252. The van der Waals surface area contributed by atoms with Crippen LogP contribution in [0.4, 0.5) is 0 Å². The first-order chi connectivity index (χ1) is 7.78. The largest absolute Gasteiger partial charge is 0.520 e. The van der Waals surface area contributed by atoms with Crippen LogP contribution in [0.2, 0.25) is 0 Å². The number of carbonyl (C=O) groups is 2. The molecule has 0 radical (unpaired) electrons. The van der Waals surface area contributed by atoms with Gasteiger partial charge in [-0.3, -0.25) is 9.59 Å². The Morgan fingerprint density at radius 3 is 2.17 bits per heavy atom. The molecule has 0 spiro atoms. The Morgan fingerprint density at radius 1 is 1.50 bits per heavy atom. The minimum absolute atomic E-state index is 0. The van der Waals surface area contributed by atoms with Gasteiger partial charge in [-0.05, 0) is 20.8 Å². The van der Waals surface area contributed by atoms with Crippen LogP contribution < -0.4 is 10.6 Å². The van der Waals surface area contributed by atoms with Gasteiger partial charge in [-0.1, -0.05) is 0 Å². The summed E-state index contributed by atoms with van der Waals surface area (Å²) < 4.78 is 4.94. The molecule has 0 aromatic carbocycles. The monoisotopic (exact) mass is 504 g/mol. The van der Waals surface area contributed by atoms with E-state index in [0.717, 1.165) is 0 Å². The van der Waals surface area contributed by atoms with E-state index in [2.05, 4.69) is 5.32 Å². The molecule has 0 saturated heterocycles. The molecule has 112 valence electrons. The van der Waals surface area contributed by atoms with Gasteiger partial charge >= 0.3 is 5.97 Å². The van der Waals surface area contributed by atoms with Crippen LogP contribution in [-0.4, -0.2) is 49.2 Å². The van der Waals surface area contributed by atoms with Crippen molar-refractivity contribution in [2.45, 2.75) is 32.4 Å². The van der Waals surface area contributed by atoms with E-state index in [1.807, 2.05) is 26.1 Å². The van der Waals surface area contributed by atoms with Gasteiger partial charge in [0.25, 0.3) is 0 Å². The summed E-state index contributed by atoms with van der Waals surface area (Å²) in [5, 5.41) is 12.3. The number of methoxy groups -OCH3 is 1. The van der Waals surface area contributed by atoms with E-state index in [-0.39, 0.29) is 12.1 Å². The van der Waals surface area contributed by atoms with Gasteiger partial charge in [0.1, 0.15) is 6.04 Å². The van der Waals surface area contributed by atoms with Crippen molar-refractivity contribution in [2.75, 3.05) is 13.7 Å². The predicted octanol–water partition coefficient (Wildman–Crippen LogP) is -0.726. The van der Waals surface area contributed by atoms with Gasteiger partial charge in [-0.2, -0.15) is 6.41 Å². The molecule has 3 N–H and O–H groups in total. The fourth-order valence-corrected chi connectivity index (χ4v) is 0.437. The van der Waals surface area contributed by atoms with Crippen molar-refractivity contribution in [1.29, 1.82) is 0 Å². The van der Waals surface area contributed by atoms with E-state index in [1.54, 1.807) is 7.11 Å². The average molecular weight is 504 g/mol. The molecule has 0 heterocycles. The second-order valence-electron chi connectivity index (χ2n) is 3.98. The van der Waals surface area contributed by atoms with Crippen molar-refractivity contribution in [3.8, 4) is 0 Å². The number of carboxylic acids is 1. The minimum atomic E-state index is -1.22. The van der Waals surface area contributed by atoms with Crippen molar-refractivity contribution in [3.63, 3.8) is 0 Å². The molecule has 7 nitrogen and oxygen atoms in total. The number of rotatable bonds is 6. The third-order valence-electron chi connectivity index (χ3n) is 1.55. The summed E-state index contributed by atoms with van der Waals surface area (Å²) in [4.78, 5) is 29.6. The van der Waals surface area contributed by atoms with Crippen LogP contribution in [0.3, 0.4) is 0 Å². The molecule has 0 aliphatic carbocycles. The average Bonchev–Trinajstić information content (AvgIpc) is 2.23. The first-order valence-corrected chi connectivity index (χ1v) is 4.86. The van der Waals surface area contributed by atoms with Crippen LogP contribution in [0.5, 0.6) is 0 Å². The van der Waals surface area contributed by atoms with Crippen LogP contribution in [0.25, 0.3) is 0 Å². The zero-order chi connectivity index (χ0) is 13.9. The Bertz CT molecular complexity index is 243. The van der Waals surface area contributed by atoms with E-state index in [0.29, 0.717) is 6.41 Å². The van der Waals surface area contributed by atoms with Gasteiger partial charge in [-0.15, -0.1) is 0 Å². The van der Waals surface area contributed by atoms with Crippen LogP contribution in [-0.2, 0) is 19.1 Å². The van der Waals surface area contributed by atoms with Gasteiger partial charge < -0.3 is 25.3 Å². The summed E-state index contributed by atoms with van der Waals surface area (Å²) in [6.45, 7) is 5.92. The van der Waals surface area contributed by atoms with Crippen LogP contribution in [0, 0.1) is 0 Å². The van der Waals surface area contributed by atoms with Crippen LogP contribution in [0.1, 0.15) is 20.8 Å². The van der Waals surface area contributed by atoms with Crippen LogP contribution in [0.15, 0.2) is 0 Å². The molecule has 0 rings (SSSR count). The molecule has 0 saturated carbocycles. The zero-order valence-electron chi connectivity index (χ0n) is 10.7. The summed E-state index contributed by atoms with van der Waals surface area (Å²) in [6.07, 6.45) is 1.57. The van der Waals surface area contributed by atoms with Gasteiger partial charge in [0, 0.05) is 13.7 Å². The maximum Gasteiger partial charge on any atom is 0.325 e. The molecule has 0 fully saturated rings. The van der Waals surface area contributed by atoms with Crippen LogP contribution >= 0.6 is 0 Å². The van der Waals surface area contributed by atoms with Crippen molar-refractivity contribution < 1.29 is 24.2 Å². The number of aliphatic carboxylic acids is 1. The number of amides is 2. The Labute approximate surface area is 101 Å². The topological polar surface area (TPSA) is 105 Å². The third-order valence-corrected chi connectivity index (χ3v) is 1.55. The molecule has 18 heavy (non-hydrogen) atoms. The fourth-order valence-electron chi connectivity index (χ4n) is 0.437. The van der Waals surface area contributed by atoms with Gasteiger partial charge in [0.15, 0.2) is 0 Å². The summed E-state index contributed by atoms with van der Waals surface area (Å²) >= 11 is 0. The first-order valence-electron chi connectivity index (χ1n) is 4.86. The Balaban J connectivity index is -0.000000277. The summed E-state index contributed by atoms with van der Waals surface area (Å²) in [5.74, 6) is -1.22. The molecule has 8 heteroatoms. The molecule has 0 bridgehead atoms. The van der Waals surface area contributed by atoms with Crippen molar-refractivity contribution in [1.82, 2.24) is 10.6 Å². The van der Waals surface area contributed by atoms with E-state index >= 15 is 0 Å². The Morgan fingerprint density at radius 2 is 1.94 bits per heavy atom. The number of nitrogens with one attached hydrogen (secondary N) is 2. The standard InChI is InChI=1S/C5H7N2O4.C5H12O.Fm/c8-2-6-1-4(5(10)11)7-3-9;1-5(2,3)6-4;/h2,4H,1H2,(H,6,8)(H,7,9)(H,10,11);1-4H3;/q-1;;.